The summed E-state index contributed by atoms with van der Waals surface area (Å²) in [5, 5.41) is 3.52. The third-order valence-corrected chi connectivity index (χ3v) is 3.59. The molecule has 0 aromatic carbocycles. The summed E-state index contributed by atoms with van der Waals surface area (Å²) in [5.41, 5.74) is 0.966. The van der Waals surface area contributed by atoms with Gasteiger partial charge in [-0.15, -0.1) is 0 Å². The zero-order chi connectivity index (χ0) is 14.6. The number of hydrogen-bond donors (Lipinski definition) is 1. The number of rotatable bonds is 11. The van der Waals surface area contributed by atoms with Crippen LogP contribution in [0.25, 0.3) is 0 Å². The van der Waals surface area contributed by atoms with Crippen LogP contribution in [-0.2, 0) is 0 Å². The van der Waals surface area contributed by atoms with E-state index in [9.17, 15) is 4.39 Å². The monoisotopic (exact) mass is 280 g/mol. The molecule has 1 aromatic rings. The second-order valence-electron chi connectivity index (χ2n) is 5.46. The minimum Gasteiger partial charge on any atom is -0.309 e. The first kappa shape index (κ1) is 17.1. The molecule has 0 amide bonds. The third kappa shape index (κ3) is 6.99. The molecule has 1 N–H and O–H groups in total. The molecule has 0 saturated carbocycles. The van der Waals surface area contributed by atoms with Crippen molar-refractivity contribution in [2.45, 2.75) is 71.3 Å². The summed E-state index contributed by atoms with van der Waals surface area (Å²) >= 11 is 0. The Morgan fingerprint density at radius 3 is 2.45 bits per heavy atom. The number of unbranched alkanes of at least 4 members (excludes halogenated alkanes) is 5. The van der Waals surface area contributed by atoms with Crippen LogP contribution in [0.4, 0.5) is 4.39 Å². The van der Waals surface area contributed by atoms with Crippen LogP contribution in [0.5, 0.6) is 0 Å². The first-order valence-electron chi connectivity index (χ1n) is 8.12. The van der Waals surface area contributed by atoms with E-state index in [1.807, 2.05) is 0 Å². The number of pyridine rings is 1. The molecule has 0 bridgehead atoms. The van der Waals surface area contributed by atoms with E-state index in [1.165, 1.54) is 50.8 Å². The zero-order valence-electron chi connectivity index (χ0n) is 13.0. The van der Waals surface area contributed by atoms with Crippen LogP contribution in [0, 0.1) is 5.82 Å². The number of halogens is 1. The maximum Gasteiger partial charge on any atom is 0.141 e. The van der Waals surface area contributed by atoms with E-state index in [-0.39, 0.29) is 11.9 Å². The fourth-order valence-corrected chi connectivity index (χ4v) is 2.40. The highest BCUT2D eigenvalue weighted by atomic mass is 19.1. The number of nitrogens with one attached hydrogen (secondary N) is 1. The molecule has 1 unspecified atom stereocenters. The molecule has 1 atom stereocenters. The normalized spacial score (nSPS) is 12.6. The van der Waals surface area contributed by atoms with Gasteiger partial charge in [-0.25, -0.2) is 4.39 Å². The molecule has 0 saturated heterocycles. The minimum atomic E-state index is -0.262. The van der Waals surface area contributed by atoms with Gasteiger partial charge in [0.2, 0.25) is 0 Å². The van der Waals surface area contributed by atoms with Crippen LogP contribution in [0.2, 0.25) is 0 Å². The van der Waals surface area contributed by atoms with Crippen molar-refractivity contribution >= 4 is 0 Å². The van der Waals surface area contributed by atoms with Crippen molar-refractivity contribution in [1.29, 1.82) is 0 Å². The van der Waals surface area contributed by atoms with Gasteiger partial charge in [-0.1, -0.05) is 52.4 Å². The fraction of sp³-hybridized carbons (Fsp3) is 0.706. The highest BCUT2D eigenvalue weighted by molar-refractivity contribution is 5.09. The summed E-state index contributed by atoms with van der Waals surface area (Å²) in [4.78, 5) is 4.22. The summed E-state index contributed by atoms with van der Waals surface area (Å²) in [5.74, 6) is -0.262. The smallest absolute Gasteiger partial charge is 0.141 e. The molecule has 0 fully saturated rings. The Hall–Kier alpha value is -0.960. The van der Waals surface area contributed by atoms with Crippen molar-refractivity contribution in [2.75, 3.05) is 6.54 Å². The van der Waals surface area contributed by atoms with Crippen molar-refractivity contribution in [3.05, 3.63) is 29.8 Å². The van der Waals surface area contributed by atoms with Gasteiger partial charge in [-0.05, 0) is 31.5 Å². The maximum atomic E-state index is 12.9. The number of nitrogens with zero attached hydrogens (tertiary/aromatic N) is 1. The van der Waals surface area contributed by atoms with Gasteiger partial charge in [0.1, 0.15) is 5.82 Å². The van der Waals surface area contributed by atoms with Gasteiger partial charge in [0.25, 0.3) is 0 Å². The molecule has 1 rings (SSSR count). The lowest BCUT2D eigenvalue weighted by Gasteiger charge is -2.18. The Kier molecular flexibility index (Phi) is 9.22. The first-order chi connectivity index (χ1) is 9.77. The van der Waals surface area contributed by atoms with E-state index in [0.717, 1.165) is 25.1 Å². The third-order valence-electron chi connectivity index (χ3n) is 3.59. The van der Waals surface area contributed by atoms with Gasteiger partial charge in [0, 0.05) is 6.04 Å². The molecule has 0 aliphatic carbocycles. The molecule has 0 radical (unpaired) electrons. The second kappa shape index (κ2) is 10.8. The second-order valence-corrected chi connectivity index (χ2v) is 5.46. The lowest BCUT2D eigenvalue weighted by atomic mass is 10.0. The number of hydrogen-bond acceptors (Lipinski definition) is 2. The van der Waals surface area contributed by atoms with Crippen LogP contribution in [0.3, 0.4) is 0 Å². The van der Waals surface area contributed by atoms with Gasteiger partial charge >= 0.3 is 0 Å². The van der Waals surface area contributed by atoms with E-state index in [0.29, 0.717) is 0 Å². The summed E-state index contributed by atoms with van der Waals surface area (Å²) in [6.07, 6.45) is 11.3. The molecule has 1 aromatic heterocycles. The van der Waals surface area contributed by atoms with Gasteiger partial charge in [-0.3, -0.25) is 4.98 Å². The molecule has 0 aliphatic rings. The maximum absolute atomic E-state index is 12.9. The lowest BCUT2D eigenvalue weighted by molar-refractivity contribution is 0.457. The summed E-state index contributed by atoms with van der Waals surface area (Å²) in [7, 11) is 0. The standard InChI is InChI=1S/C17H29FN2/c1-3-5-6-7-8-9-10-16(19-13-4-2)17-12-11-15(18)14-20-17/h11-12,14,16,19H,3-10,13H2,1-2H3. The Morgan fingerprint density at radius 2 is 1.80 bits per heavy atom. The average Bonchev–Trinajstić information content (AvgIpc) is 2.47. The molecular weight excluding hydrogens is 251 g/mol. The van der Waals surface area contributed by atoms with Crippen molar-refractivity contribution in [1.82, 2.24) is 10.3 Å². The first-order valence-corrected chi connectivity index (χ1v) is 8.12. The van der Waals surface area contributed by atoms with E-state index >= 15 is 0 Å². The molecule has 1 heterocycles. The lowest BCUT2D eigenvalue weighted by Crippen LogP contribution is -2.23. The molecule has 0 aliphatic heterocycles. The number of aromatic nitrogens is 1. The molecule has 2 nitrogen and oxygen atoms in total. The topological polar surface area (TPSA) is 24.9 Å². The van der Waals surface area contributed by atoms with Crippen molar-refractivity contribution in [2.24, 2.45) is 0 Å². The van der Waals surface area contributed by atoms with Crippen molar-refractivity contribution in [3.63, 3.8) is 0 Å². The highest BCUT2D eigenvalue weighted by Crippen LogP contribution is 2.19. The van der Waals surface area contributed by atoms with Crippen LogP contribution >= 0.6 is 0 Å². The predicted molar refractivity (Wildman–Crippen MR) is 83.2 cm³/mol. The minimum absolute atomic E-state index is 0.262. The van der Waals surface area contributed by atoms with Crippen LogP contribution in [0.15, 0.2) is 18.3 Å². The van der Waals surface area contributed by atoms with Crippen LogP contribution in [-0.4, -0.2) is 11.5 Å². The quantitative estimate of drug-likeness (QED) is 0.576. The average molecular weight is 280 g/mol. The van der Waals surface area contributed by atoms with Crippen LogP contribution < -0.4 is 5.32 Å². The highest BCUT2D eigenvalue weighted by Gasteiger charge is 2.11. The Balaban J connectivity index is 2.37. The van der Waals surface area contributed by atoms with E-state index in [4.69, 9.17) is 0 Å². The Morgan fingerprint density at radius 1 is 1.05 bits per heavy atom. The molecule has 0 spiro atoms. The van der Waals surface area contributed by atoms with Crippen LogP contribution in [0.1, 0.15) is 76.9 Å². The molecular formula is C17H29FN2. The molecule has 114 valence electrons. The van der Waals surface area contributed by atoms with Gasteiger partial charge in [0.05, 0.1) is 11.9 Å². The summed E-state index contributed by atoms with van der Waals surface area (Å²) in [6.45, 7) is 5.39. The van der Waals surface area contributed by atoms with E-state index in [1.54, 1.807) is 6.07 Å². The predicted octanol–water partition coefficient (Wildman–Crippen LogP) is 5.01. The van der Waals surface area contributed by atoms with Gasteiger partial charge in [0.15, 0.2) is 0 Å². The van der Waals surface area contributed by atoms with Gasteiger partial charge in [-0.2, -0.15) is 0 Å². The van der Waals surface area contributed by atoms with E-state index < -0.39 is 0 Å². The fourth-order valence-electron chi connectivity index (χ4n) is 2.40. The molecule has 20 heavy (non-hydrogen) atoms. The van der Waals surface area contributed by atoms with Crippen molar-refractivity contribution < 1.29 is 4.39 Å². The van der Waals surface area contributed by atoms with Crippen molar-refractivity contribution in [3.8, 4) is 0 Å². The SMILES string of the molecule is CCCCCCCCC(NCCC)c1ccc(F)cn1. The molecule has 3 heteroatoms. The summed E-state index contributed by atoms with van der Waals surface area (Å²) in [6, 6.07) is 3.57. The Labute approximate surface area is 123 Å². The Bertz CT molecular complexity index is 337. The van der Waals surface area contributed by atoms with E-state index in [2.05, 4.69) is 24.1 Å². The van der Waals surface area contributed by atoms with Gasteiger partial charge < -0.3 is 5.32 Å². The summed E-state index contributed by atoms with van der Waals surface area (Å²) < 4.78 is 12.9. The largest absolute Gasteiger partial charge is 0.309 e. The zero-order valence-corrected chi connectivity index (χ0v) is 13.0.